The SMILES string of the molecule is NC(=O)c1nnc(-c2cc(Cl)cc(Cl)c2O)s1. The van der Waals surface area contributed by atoms with Crippen molar-refractivity contribution in [3.8, 4) is 16.3 Å². The summed E-state index contributed by atoms with van der Waals surface area (Å²) < 4.78 is 0. The maximum Gasteiger partial charge on any atom is 0.279 e. The standard InChI is InChI=1S/C9H5Cl2N3O2S/c10-3-1-4(6(15)5(11)2-3)8-13-14-9(17-8)7(12)16/h1-2,15H,(H2,12,16). The van der Waals surface area contributed by atoms with Crippen LogP contribution in [0.15, 0.2) is 12.1 Å². The third-order valence-corrected chi connectivity index (χ3v) is 3.37. The van der Waals surface area contributed by atoms with Crippen LogP contribution in [0.4, 0.5) is 0 Å². The van der Waals surface area contributed by atoms with E-state index < -0.39 is 5.91 Å². The second-order valence-corrected chi connectivity index (χ2v) is 4.88. The molecule has 0 unspecified atom stereocenters. The molecule has 1 amide bonds. The third kappa shape index (κ3) is 2.33. The van der Waals surface area contributed by atoms with E-state index in [9.17, 15) is 9.90 Å². The highest BCUT2D eigenvalue weighted by atomic mass is 35.5. The Bertz CT molecular complexity index is 600. The summed E-state index contributed by atoms with van der Waals surface area (Å²) in [7, 11) is 0. The predicted molar refractivity (Wildman–Crippen MR) is 65.5 cm³/mol. The smallest absolute Gasteiger partial charge is 0.279 e. The molecule has 3 N–H and O–H groups in total. The van der Waals surface area contributed by atoms with Crippen LogP contribution in [0.5, 0.6) is 5.75 Å². The normalized spacial score (nSPS) is 10.5. The Balaban J connectivity index is 2.56. The summed E-state index contributed by atoms with van der Waals surface area (Å²) in [5.74, 6) is -0.843. The molecule has 0 aliphatic rings. The number of rotatable bonds is 2. The molecule has 5 nitrogen and oxygen atoms in total. The molecular weight excluding hydrogens is 285 g/mol. The Morgan fingerprint density at radius 2 is 2.06 bits per heavy atom. The number of hydrogen-bond donors (Lipinski definition) is 2. The van der Waals surface area contributed by atoms with Gasteiger partial charge in [-0.3, -0.25) is 4.79 Å². The number of benzene rings is 1. The van der Waals surface area contributed by atoms with Gasteiger partial charge in [0, 0.05) is 5.02 Å². The van der Waals surface area contributed by atoms with Gasteiger partial charge in [-0.05, 0) is 12.1 Å². The van der Waals surface area contributed by atoms with E-state index in [4.69, 9.17) is 28.9 Å². The molecule has 17 heavy (non-hydrogen) atoms. The lowest BCUT2D eigenvalue weighted by molar-refractivity contribution is 0.0999. The first-order valence-corrected chi connectivity index (χ1v) is 5.88. The Labute approximate surface area is 110 Å². The predicted octanol–water partition coefficient (Wildman–Crippen LogP) is 2.32. The topological polar surface area (TPSA) is 89.1 Å². The highest BCUT2D eigenvalue weighted by Crippen LogP contribution is 2.38. The van der Waals surface area contributed by atoms with E-state index in [0.29, 0.717) is 15.6 Å². The average Bonchev–Trinajstić information content (AvgIpc) is 2.72. The van der Waals surface area contributed by atoms with E-state index in [1.165, 1.54) is 12.1 Å². The molecule has 0 saturated heterocycles. The number of aromatic nitrogens is 2. The number of primary amides is 1. The van der Waals surface area contributed by atoms with Gasteiger partial charge in [-0.1, -0.05) is 34.5 Å². The Morgan fingerprint density at radius 1 is 1.35 bits per heavy atom. The number of carbonyl (C=O) groups excluding carboxylic acids is 1. The number of hydrogen-bond acceptors (Lipinski definition) is 5. The highest BCUT2D eigenvalue weighted by molar-refractivity contribution is 7.16. The first-order valence-electron chi connectivity index (χ1n) is 4.30. The van der Waals surface area contributed by atoms with Crippen molar-refractivity contribution in [3.05, 3.63) is 27.2 Å². The van der Waals surface area contributed by atoms with Gasteiger partial charge in [-0.2, -0.15) is 0 Å². The molecule has 0 fully saturated rings. The number of amides is 1. The molecule has 1 aromatic heterocycles. The first-order chi connectivity index (χ1) is 7.99. The summed E-state index contributed by atoms with van der Waals surface area (Å²) >= 11 is 12.5. The molecule has 88 valence electrons. The minimum absolute atomic E-state index is 0.0514. The van der Waals surface area contributed by atoms with Crippen molar-refractivity contribution in [3.63, 3.8) is 0 Å². The molecule has 0 spiro atoms. The molecule has 1 aromatic carbocycles. The van der Waals surface area contributed by atoms with Crippen molar-refractivity contribution in [1.29, 1.82) is 0 Å². The van der Waals surface area contributed by atoms with Crippen molar-refractivity contribution in [2.45, 2.75) is 0 Å². The molecule has 0 radical (unpaired) electrons. The maximum absolute atomic E-state index is 10.9. The molecule has 0 aliphatic heterocycles. The lowest BCUT2D eigenvalue weighted by Crippen LogP contribution is -2.10. The second-order valence-electron chi connectivity index (χ2n) is 3.06. The molecule has 0 saturated carbocycles. The van der Waals surface area contributed by atoms with E-state index in [2.05, 4.69) is 10.2 Å². The zero-order chi connectivity index (χ0) is 12.6. The molecular formula is C9H5Cl2N3O2S. The Hall–Kier alpha value is -1.37. The second kappa shape index (κ2) is 4.48. The average molecular weight is 290 g/mol. The van der Waals surface area contributed by atoms with E-state index in [1.807, 2.05) is 0 Å². The number of halogens is 2. The monoisotopic (exact) mass is 289 g/mol. The van der Waals surface area contributed by atoms with Crippen LogP contribution in [0.2, 0.25) is 10.0 Å². The highest BCUT2D eigenvalue weighted by Gasteiger charge is 2.16. The van der Waals surface area contributed by atoms with Gasteiger partial charge in [-0.25, -0.2) is 0 Å². The van der Waals surface area contributed by atoms with Crippen LogP contribution >= 0.6 is 34.5 Å². The van der Waals surface area contributed by atoms with Crippen molar-refractivity contribution in [2.75, 3.05) is 0 Å². The van der Waals surface area contributed by atoms with Crippen LogP contribution in [-0.2, 0) is 0 Å². The van der Waals surface area contributed by atoms with E-state index >= 15 is 0 Å². The summed E-state index contributed by atoms with van der Waals surface area (Å²) in [6, 6.07) is 2.88. The minimum atomic E-state index is -0.679. The largest absolute Gasteiger partial charge is 0.506 e. The van der Waals surface area contributed by atoms with Crippen molar-refractivity contribution >= 4 is 40.4 Å². The van der Waals surface area contributed by atoms with Gasteiger partial charge >= 0.3 is 0 Å². The van der Waals surface area contributed by atoms with Crippen molar-refractivity contribution < 1.29 is 9.90 Å². The Kier molecular flexibility index (Phi) is 3.19. The molecule has 0 bridgehead atoms. The molecule has 1 heterocycles. The van der Waals surface area contributed by atoms with Gasteiger partial charge < -0.3 is 10.8 Å². The molecule has 2 aromatic rings. The van der Waals surface area contributed by atoms with Crippen LogP contribution < -0.4 is 5.73 Å². The van der Waals surface area contributed by atoms with Gasteiger partial charge in [0.25, 0.3) is 5.91 Å². The lowest BCUT2D eigenvalue weighted by atomic mass is 10.2. The van der Waals surface area contributed by atoms with Gasteiger partial charge in [0.1, 0.15) is 5.75 Å². The van der Waals surface area contributed by atoms with Crippen LogP contribution in [0.1, 0.15) is 9.80 Å². The summed E-state index contributed by atoms with van der Waals surface area (Å²) in [4.78, 5) is 10.9. The minimum Gasteiger partial charge on any atom is -0.506 e. The molecule has 0 aliphatic carbocycles. The van der Waals surface area contributed by atoms with Crippen LogP contribution in [0.3, 0.4) is 0 Å². The van der Waals surface area contributed by atoms with Gasteiger partial charge in [-0.15, -0.1) is 10.2 Å². The number of phenols is 1. The summed E-state index contributed by atoms with van der Waals surface area (Å²) in [6.45, 7) is 0. The molecule has 8 heteroatoms. The number of phenolic OH excluding ortho intramolecular Hbond substituents is 1. The summed E-state index contributed by atoms with van der Waals surface area (Å²) in [5.41, 5.74) is 5.37. The summed E-state index contributed by atoms with van der Waals surface area (Å²) in [6.07, 6.45) is 0. The fraction of sp³-hybridized carbons (Fsp3) is 0. The zero-order valence-electron chi connectivity index (χ0n) is 8.15. The van der Waals surface area contributed by atoms with Crippen LogP contribution in [0, 0.1) is 0 Å². The number of aromatic hydroxyl groups is 1. The van der Waals surface area contributed by atoms with Gasteiger partial charge in [0.2, 0.25) is 5.01 Å². The maximum atomic E-state index is 10.9. The Morgan fingerprint density at radius 3 is 2.65 bits per heavy atom. The summed E-state index contributed by atoms with van der Waals surface area (Å²) in [5, 5.41) is 17.9. The fourth-order valence-electron chi connectivity index (χ4n) is 1.16. The fourth-order valence-corrected chi connectivity index (χ4v) is 2.37. The zero-order valence-corrected chi connectivity index (χ0v) is 10.5. The van der Waals surface area contributed by atoms with E-state index in [-0.39, 0.29) is 15.8 Å². The third-order valence-electron chi connectivity index (χ3n) is 1.89. The number of nitrogens with zero attached hydrogens (tertiary/aromatic N) is 2. The van der Waals surface area contributed by atoms with Crippen LogP contribution in [-0.4, -0.2) is 21.2 Å². The molecule has 2 rings (SSSR count). The van der Waals surface area contributed by atoms with Crippen molar-refractivity contribution in [2.24, 2.45) is 5.73 Å². The van der Waals surface area contributed by atoms with Gasteiger partial charge in [0.05, 0.1) is 10.6 Å². The molecule has 0 atom stereocenters. The lowest BCUT2D eigenvalue weighted by Gasteiger charge is -2.03. The van der Waals surface area contributed by atoms with E-state index in [0.717, 1.165) is 11.3 Å². The quantitative estimate of drug-likeness (QED) is 0.888. The van der Waals surface area contributed by atoms with E-state index in [1.54, 1.807) is 0 Å². The van der Waals surface area contributed by atoms with Crippen molar-refractivity contribution in [1.82, 2.24) is 10.2 Å². The van der Waals surface area contributed by atoms with Gasteiger partial charge in [0.15, 0.2) is 5.01 Å². The number of carbonyl (C=O) groups is 1. The number of nitrogens with two attached hydrogens (primary N) is 1. The van der Waals surface area contributed by atoms with Crippen LogP contribution in [0.25, 0.3) is 10.6 Å². The first kappa shape index (κ1) is 12.1.